The zero-order valence-electron chi connectivity index (χ0n) is 13.8. The molecule has 0 heterocycles. The number of benzene rings is 2. The molecule has 2 aromatic rings. The van der Waals surface area contributed by atoms with Crippen LogP contribution in [0, 0.1) is 0 Å². The molecule has 122 valence electrons. The second kappa shape index (κ2) is 9.01. The Morgan fingerprint density at radius 2 is 1.87 bits per heavy atom. The van der Waals surface area contributed by atoms with Crippen LogP contribution in [0.2, 0.25) is 0 Å². The summed E-state index contributed by atoms with van der Waals surface area (Å²) < 4.78 is 11.1. The molecule has 0 unspecified atom stereocenters. The van der Waals surface area contributed by atoms with E-state index in [1.54, 1.807) is 19.2 Å². The SMILES string of the molecule is C/C=C(\CCc1c(O)cccc1OC)COCc1ccccc1. The molecule has 0 atom stereocenters. The van der Waals surface area contributed by atoms with Crippen LogP contribution >= 0.6 is 0 Å². The van der Waals surface area contributed by atoms with Crippen molar-refractivity contribution < 1.29 is 14.6 Å². The summed E-state index contributed by atoms with van der Waals surface area (Å²) in [5.74, 6) is 1.01. The number of rotatable bonds is 8. The van der Waals surface area contributed by atoms with Crippen LogP contribution < -0.4 is 4.74 Å². The normalized spacial score (nSPS) is 11.5. The van der Waals surface area contributed by atoms with Crippen LogP contribution in [0.1, 0.15) is 24.5 Å². The highest BCUT2D eigenvalue weighted by atomic mass is 16.5. The Balaban J connectivity index is 1.86. The molecule has 23 heavy (non-hydrogen) atoms. The van der Waals surface area contributed by atoms with Crippen LogP contribution in [0.5, 0.6) is 11.5 Å². The van der Waals surface area contributed by atoms with Gasteiger partial charge in [-0.25, -0.2) is 0 Å². The minimum atomic E-state index is 0.282. The molecule has 0 fully saturated rings. The van der Waals surface area contributed by atoms with E-state index in [0.29, 0.717) is 13.2 Å². The summed E-state index contributed by atoms with van der Waals surface area (Å²) in [7, 11) is 1.62. The lowest BCUT2D eigenvalue weighted by atomic mass is 10.0. The van der Waals surface area contributed by atoms with Crippen LogP contribution in [0.25, 0.3) is 0 Å². The quantitative estimate of drug-likeness (QED) is 0.730. The summed E-state index contributed by atoms with van der Waals surface area (Å²) >= 11 is 0. The lowest BCUT2D eigenvalue weighted by molar-refractivity contribution is 0.140. The molecule has 0 aromatic heterocycles. The van der Waals surface area contributed by atoms with Gasteiger partial charge in [0.25, 0.3) is 0 Å². The van der Waals surface area contributed by atoms with Crippen molar-refractivity contribution in [3.63, 3.8) is 0 Å². The van der Waals surface area contributed by atoms with E-state index in [1.807, 2.05) is 31.2 Å². The van der Waals surface area contributed by atoms with Crippen LogP contribution in [-0.4, -0.2) is 18.8 Å². The van der Waals surface area contributed by atoms with Gasteiger partial charge in [-0.1, -0.05) is 42.5 Å². The van der Waals surface area contributed by atoms with Gasteiger partial charge >= 0.3 is 0 Å². The summed E-state index contributed by atoms with van der Waals surface area (Å²) in [5, 5.41) is 10.0. The third kappa shape index (κ3) is 5.15. The molecule has 0 bridgehead atoms. The Bertz CT molecular complexity index is 633. The molecule has 0 spiro atoms. The number of phenols is 1. The molecule has 1 N–H and O–H groups in total. The van der Waals surface area contributed by atoms with Crippen molar-refractivity contribution >= 4 is 0 Å². The number of hydrogen-bond donors (Lipinski definition) is 1. The first kappa shape index (κ1) is 17.1. The minimum Gasteiger partial charge on any atom is -0.508 e. The van der Waals surface area contributed by atoms with Gasteiger partial charge in [-0.05, 0) is 43.0 Å². The fourth-order valence-electron chi connectivity index (χ4n) is 2.46. The van der Waals surface area contributed by atoms with Crippen molar-refractivity contribution in [2.75, 3.05) is 13.7 Å². The lowest BCUT2D eigenvalue weighted by Gasteiger charge is -2.12. The molecule has 0 saturated heterocycles. The summed E-state index contributed by atoms with van der Waals surface area (Å²) in [5.41, 5.74) is 3.23. The average Bonchev–Trinajstić information content (AvgIpc) is 2.59. The van der Waals surface area contributed by atoms with E-state index in [2.05, 4.69) is 18.2 Å². The van der Waals surface area contributed by atoms with Crippen LogP contribution in [0.4, 0.5) is 0 Å². The monoisotopic (exact) mass is 312 g/mol. The molecule has 3 heteroatoms. The summed E-state index contributed by atoms with van der Waals surface area (Å²) in [4.78, 5) is 0. The van der Waals surface area contributed by atoms with Crippen molar-refractivity contribution in [2.45, 2.75) is 26.4 Å². The molecule has 2 aromatic carbocycles. The zero-order valence-corrected chi connectivity index (χ0v) is 13.8. The molecule has 3 nitrogen and oxygen atoms in total. The summed E-state index contributed by atoms with van der Waals surface area (Å²) in [6, 6.07) is 15.5. The lowest BCUT2D eigenvalue weighted by Crippen LogP contribution is -2.01. The number of methoxy groups -OCH3 is 1. The summed E-state index contributed by atoms with van der Waals surface area (Å²) in [6.45, 7) is 3.22. The molecule has 0 radical (unpaired) electrons. The Kier molecular flexibility index (Phi) is 6.70. The van der Waals surface area contributed by atoms with Crippen LogP contribution in [-0.2, 0) is 17.8 Å². The van der Waals surface area contributed by atoms with Gasteiger partial charge in [0.15, 0.2) is 0 Å². The molecule has 0 aliphatic carbocycles. The topological polar surface area (TPSA) is 38.7 Å². The number of aromatic hydroxyl groups is 1. The minimum absolute atomic E-state index is 0.282. The van der Waals surface area contributed by atoms with Crippen LogP contribution in [0.15, 0.2) is 60.2 Å². The fraction of sp³-hybridized carbons (Fsp3) is 0.300. The molecule has 0 amide bonds. The molecule has 0 saturated carbocycles. The Morgan fingerprint density at radius 1 is 1.09 bits per heavy atom. The number of hydrogen-bond acceptors (Lipinski definition) is 3. The van der Waals surface area contributed by atoms with E-state index in [4.69, 9.17) is 9.47 Å². The molecule has 2 rings (SSSR count). The van der Waals surface area contributed by atoms with Gasteiger partial charge in [-0.3, -0.25) is 0 Å². The third-order valence-electron chi connectivity index (χ3n) is 3.83. The van der Waals surface area contributed by atoms with Crippen molar-refractivity contribution in [3.05, 3.63) is 71.3 Å². The van der Waals surface area contributed by atoms with E-state index in [0.717, 1.165) is 24.2 Å². The molecule has 0 aliphatic rings. The van der Waals surface area contributed by atoms with Gasteiger partial charge in [0.2, 0.25) is 0 Å². The first-order valence-corrected chi connectivity index (χ1v) is 7.85. The van der Waals surface area contributed by atoms with E-state index in [1.165, 1.54) is 11.1 Å². The van der Waals surface area contributed by atoms with E-state index in [-0.39, 0.29) is 5.75 Å². The highest BCUT2D eigenvalue weighted by molar-refractivity contribution is 5.44. The molecular weight excluding hydrogens is 288 g/mol. The second-order valence-corrected chi connectivity index (χ2v) is 5.38. The summed E-state index contributed by atoms with van der Waals surface area (Å²) in [6.07, 6.45) is 3.64. The standard InChI is InChI=1S/C20H24O3/c1-3-16(14-23-15-17-8-5-4-6-9-17)12-13-18-19(21)10-7-11-20(18)22-2/h3-11,21H,12-15H2,1-2H3/b16-3+. The van der Waals surface area contributed by atoms with Gasteiger partial charge in [-0.2, -0.15) is 0 Å². The first-order valence-electron chi connectivity index (χ1n) is 7.85. The van der Waals surface area contributed by atoms with E-state index < -0.39 is 0 Å². The fourth-order valence-corrected chi connectivity index (χ4v) is 2.46. The van der Waals surface area contributed by atoms with Crippen molar-refractivity contribution in [1.29, 1.82) is 0 Å². The first-order chi connectivity index (χ1) is 11.2. The van der Waals surface area contributed by atoms with Gasteiger partial charge in [0.1, 0.15) is 11.5 Å². The van der Waals surface area contributed by atoms with E-state index >= 15 is 0 Å². The average molecular weight is 312 g/mol. The molecular formula is C20H24O3. The Morgan fingerprint density at radius 3 is 2.57 bits per heavy atom. The smallest absolute Gasteiger partial charge is 0.125 e. The van der Waals surface area contributed by atoms with Crippen molar-refractivity contribution in [3.8, 4) is 11.5 Å². The second-order valence-electron chi connectivity index (χ2n) is 5.38. The highest BCUT2D eigenvalue weighted by Gasteiger charge is 2.09. The highest BCUT2D eigenvalue weighted by Crippen LogP contribution is 2.29. The maximum atomic E-state index is 10.0. The number of phenolic OH excluding ortho intramolecular Hbond substituents is 1. The Labute approximate surface area is 138 Å². The largest absolute Gasteiger partial charge is 0.508 e. The Hall–Kier alpha value is -2.26. The predicted molar refractivity (Wildman–Crippen MR) is 92.8 cm³/mol. The number of allylic oxidation sites excluding steroid dienone is 1. The van der Waals surface area contributed by atoms with Gasteiger partial charge < -0.3 is 14.6 Å². The van der Waals surface area contributed by atoms with Gasteiger partial charge in [0.05, 0.1) is 20.3 Å². The van der Waals surface area contributed by atoms with Crippen molar-refractivity contribution in [1.82, 2.24) is 0 Å². The predicted octanol–water partition coefficient (Wildman–Crippen LogP) is 4.50. The van der Waals surface area contributed by atoms with Crippen LogP contribution in [0.3, 0.4) is 0 Å². The van der Waals surface area contributed by atoms with Crippen molar-refractivity contribution in [2.24, 2.45) is 0 Å². The molecule has 0 aliphatic heterocycles. The third-order valence-corrected chi connectivity index (χ3v) is 3.83. The number of ether oxygens (including phenoxy) is 2. The van der Waals surface area contributed by atoms with E-state index in [9.17, 15) is 5.11 Å². The maximum Gasteiger partial charge on any atom is 0.125 e. The maximum absolute atomic E-state index is 10.0. The zero-order chi connectivity index (χ0) is 16.5. The van der Waals surface area contributed by atoms with Gasteiger partial charge in [-0.15, -0.1) is 0 Å². The van der Waals surface area contributed by atoms with Gasteiger partial charge in [0, 0.05) is 5.56 Å².